The van der Waals surface area contributed by atoms with Crippen LogP contribution in [0.5, 0.6) is 0 Å². The maximum absolute atomic E-state index is 14.4. The number of carbonyl (C=O) groups excluding carboxylic acids is 1. The first-order chi connectivity index (χ1) is 12.8. The van der Waals surface area contributed by atoms with Crippen molar-refractivity contribution < 1.29 is 27.1 Å². The van der Waals surface area contributed by atoms with E-state index in [9.17, 15) is 27.2 Å². The number of halogens is 4. The van der Waals surface area contributed by atoms with Gasteiger partial charge in [-0.2, -0.15) is 0 Å². The third kappa shape index (κ3) is 3.42. The number of carbonyl (C=O) groups is 1. The van der Waals surface area contributed by atoms with Gasteiger partial charge in [0, 0.05) is 12.7 Å². The van der Waals surface area contributed by atoms with E-state index in [0.29, 0.717) is 11.6 Å². The molecule has 0 unspecified atom stereocenters. The first kappa shape index (κ1) is 18.6. The van der Waals surface area contributed by atoms with E-state index in [4.69, 9.17) is 4.74 Å². The normalized spacial score (nSPS) is 11.0. The Bertz CT molecular complexity index is 1090. The van der Waals surface area contributed by atoms with Gasteiger partial charge in [0.25, 0.3) is 0 Å². The van der Waals surface area contributed by atoms with Gasteiger partial charge >= 0.3 is 5.97 Å². The molecule has 4 nitrogen and oxygen atoms in total. The number of nitrogens with zero attached hydrogens (tertiary/aromatic N) is 1. The van der Waals surface area contributed by atoms with E-state index in [1.54, 1.807) is 0 Å². The van der Waals surface area contributed by atoms with E-state index in [-0.39, 0.29) is 13.2 Å². The maximum Gasteiger partial charge on any atom is 0.343 e. The van der Waals surface area contributed by atoms with Gasteiger partial charge in [-0.25, -0.2) is 22.4 Å². The van der Waals surface area contributed by atoms with Crippen molar-refractivity contribution >= 4 is 16.9 Å². The van der Waals surface area contributed by atoms with Gasteiger partial charge in [-0.3, -0.25) is 4.79 Å². The molecule has 3 aromatic rings. The van der Waals surface area contributed by atoms with Gasteiger partial charge in [0.15, 0.2) is 17.5 Å². The standard InChI is InChI=1S/C19H13F4NO3/c1-2-27-19(26)13-9-24(8-10-3-5-11(20)6-4-10)17-12(18(13)25)7-14(21)15(22)16(17)23/h3-7,9H,2,8H2,1H3. The zero-order chi connectivity index (χ0) is 19.7. The average Bonchev–Trinajstić information content (AvgIpc) is 2.64. The van der Waals surface area contributed by atoms with Crippen molar-refractivity contribution in [3.63, 3.8) is 0 Å². The summed E-state index contributed by atoms with van der Waals surface area (Å²) in [6.45, 7) is 1.40. The van der Waals surface area contributed by atoms with Crippen molar-refractivity contribution in [1.82, 2.24) is 4.57 Å². The van der Waals surface area contributed by atoms with Crippen LogP contribution in [0.1, 0.15) is 22.8 Å². The lowest BCUT2D eigenvalue weighted by Crippen LogP contribution is -2.22. The van der Waals surface area contributed by atoms with E-state index in [1.807, 2.05) is 0 Å². The Morgan fingerprint density at radius 1 is 1.07 bits per heavy atom. The lowest BCUT2D eigenvalue weighted by molar-refractivity contribution is 0.0524. The number of benzene rings is 2. The lowest BCUT2D eigenvalue weighted by Gasteiger charge is -2.14. The van der Waals surface area contributed by atoms with Gasteiger partial charge in [-0.1, -0.05) is 12.1 Å². The highest BCUT2D eigenvalue weighted by Crippen LogP contribution is 2.23. The third-order valence-electron chi connectivity index (χ3n) is 3.96. The molecule has 0 saturated heterocycles. The number of ether oxygens (including phenoxy) is 1. The van der Waals surface area contributed by atoms with Crippen molar-refractivity contribution in [3.8, 4) is 0 Å². The Labute approximate surface area is 150 Å². The molecular formula is C19H13F4NO3. The van der Waals surface area contributed by atoms with Gasteiger partial charge in [-0.05, 0) is 30.7 Å². The molecule has 140 valence electrons. The van der Waals surface area contributed by atoms with Crippen LogP contribution in [0.2, 0.25) is 0 Å². The van der Waals surface area contributed by atoms with Crippen LogP contribution < -0.4 is 5.43 Å². The molecule has 0 aliphatic heterocycles. The monoisotopic (exact) mass is 379 g/mol. The Morgan fingerprint density at radius 3 is 2.37 bits per heavy atom. The van der Waals surface area contributed by atoms with Gasteiger partial charge in [0.1, 0.15) is 11.4 Å². The number of hydrogen-bond donors (Lipinski definition) is 0. The summed E-state index contributed by atoms with van der Waals surface area (Å²) in [5, 5.41) is -0.501. The minimum Gasteiger partial charge on any atom is -0.462 e. The summed E-state index contributed by atoms with van der Waals surface area (Å²) in [5.74, 6) is -6.30. The van der Waals surface area contributed by atoms with E-state index >= 15 is 0 Å². The van der Waals surface area contributed by atoms with E-state index in [2.05, 4.69) is 0 Å². The minimum absolute atomic E-state index is 0.0135. The second-order valence-electron chi connectivity index (χ2n) is 5.73. The number of esters is 1. The van der Waals surface area contributed by atoms with Crippen molar-refractivity contribution in [3.05, 3.63) is 81.1 Å². The fourth-order valence-electron chi connectivity index (χ4n) is 2.73. The number of aromatic nitrogens is 1. The number of fused-ring (bicyclic) bond motifs is 1. The fraction of sp³-hybridized carbons (Fsp3) is 0.158. The summed E-state index contributed by atoms with van der Waals surface area (Å²) >= 11 is 0. The maximum atomic E-state index is 14.4. The summed E-state index contributed by atoms with van der Waals surface area (Å²) < 4.78 is 60.8. The van der Waals surface area contributed by atoms with E-state index < -0.39 is 51.1 Å². The van der Waals surface area contributed by atoms with Gasteiger partial charge in [0.2, 0.25) is 5.43 Å². The van der Waals surface area contributed by atoms with Crippen molar-refractivity contribution in [2.75, 3.05) is 6.61 Å². The SMILES string of the molecule is CCOC(=O)c1cn(Cc2ccc(F)cc2)c2c(F)c(F)c(F)cc2c1=O. The van der Waals surface area contributed by atoms with Crippen LogP contribution in [-0.2, 0) is 11.3 Å². The Morgan fingerprint density at radius 2 is 1.74 bits per heavy atom. The van der Waals surface area contributed by atoms with Crippen LogP contribution in [0.15, 0.2) is 41.3 Å². The zero-order valence-corrected chi connectivity index (χ0v) is 14.1. The molecule has 0 aliphatic rings. The first-order valence-electron chi connectivity index (χ1n) is 7.95. The molecule has 1 aromatic heterocycles. The molecule has 0 saturated carbocycles. The van der Waals surface area contributed by atoms with Gasteiger partial charge in [0.05, 0.1) is 17.5 Å². The lowest BCUT2D eigenvalue weighted by atomic mass is 10.1. The molecule has 0 radical (unpaired) electrons. The molecule has 3 rings (SSSR count). The highest BCUT2D eigenvalue weighted by molar-refractivity contribution is 5.94. The number of hydrogen-bond acceptors (Lipinski definition) is 3. The second-order valence-corrected chi connectivity index (χ2v) is 5.73. The molecule has 0 spiro atoms. The molecule has 0 fully saturated rings. The molecule has 0 N–H and O–H groups in total. The van der Waals surface area contributed by atoms with Crippen molar-refractivity contribution in [1.29, 1.82) is 0 Å². The largest absolute Gasteiger partial charge is 0.462 e. The molecule has 8 heteroatoms. The zero-order valence-electron chi connectivity index (χ0n) is 14.1. The second kappa shape index (κ2) is 7.22. The van der Waals surface area contributed by atoms with Crippen LogP contribution >= 0.6 is 0 Å². The highest BCUT2D eigenvalue weighted by Gasteiger charge is 2.23. The Balaban J connectivity index is 2.30. The predicted molar refractivity (Wildman–Crippen MR) is 89.5 cm³/mol. The van der Waals surface area contributed by atoms with Crippen LogP contribution in [0.3, 0.4) is 0 Å². The molecule has 0 bridgehead atoms. The summed E-state index contributed by atoms with van der Waals surface area (Å²) in [4.78, 5) is 24.5. The predicted octanol–water partition coefficient (Wildman–Crippen LogP) is 3.78. The Hall–Kier alpha value is -3.16. The fourth-order valence-corrected chi connectivity index (χ4v) is 2.73. The quantitative estimate of drug-likeness (QED) is 0.394. The summed E-state index contributed by atoms with van der Waals surface area (Å²) in [6.07, 6.45) is 1.02. The van der Waals surface area contributed by atoms with E-state index in [1.165, 1.54) is 31.2 Å². The smallest absolute Gasteiger partial charge is 0.343 e. The van der Waals surface area contributed by atoms with Crippen molar-refractivity contribution in [2.45, 2.75) is 13.5 Å². The molecule has 2 aromatic carbocycles. The third-order valence-corrected chi connectivity index (χ3v) is 3.96. The van der Waals surface area contributed by atoms with Crippen LogP contribution in [0, 0.1) is 23.3 Å². The van der Waals surface area contributed by atoms with Gasteiger partial charge in [-0.15, -0.1) is 0 Å². The molecule has 0 amide bonds. The van der Waals surface area contributed by atoms with Gasteiger partial charge < -0.3 is 9.30 Å². The topological polar surface area (TPSA) is 48.3 Å². The van der Waals surface area contributed by atoms with Crippen LogP contribution in [0.4, 0.5) is 17.6 Å². The van der Waals surface area contributed by atoms with Crippen LogP contribution in [-0.4, -0.2) is 17.1 Å². The molecular weight excluding hydrogens is 366 g/mol. The summed E-state index contributed by atoms with van der Waals surface area (Å²) in [6, 6.07) is 5.69. The number of rotatable bonds is 4. The van der Waals surface area contributed by atoms with Crippen molar-refractivity contribution in [2.24, 2.45) is 0 Å². The minimum atomic E-state index is -1.74. The highest BCUT2D eigenvalue weighted by atomic mass is 19.2. The Kier molecular flexibility index (Phi) is 4.98. The number of pyridine rings is 1. The summed E-state index contributed by atoms with van der Waals surface area (Å²) in [7, 11) is 0. The molecule has 0 aliphatic carbocycles. The first-order valence-corrected chi connectivity index (χ1v) is 7.95. The molecule has 1 heterocycles. The van der Waals surface area contributed by atoms with E-state index in [0.717, 1.165) is 10.8 Å². The average molecular weight is 379 g/mol. The summed E-state index contributed by atoms with van der Waals surface area (Å²) in [5.41, 5.74) is -1.44. The molecule has 0 atom stereocenters. The molecule has 27 heavy (non-hydrogen) atoms. The van der Waals surface area contributed by atoms with Crippen LogP contribution in [0.25, 0.3) is 10.9 Å².